The lowest BCUT2D eigenvalue weighted by atomic mass is 9.89. The number of carbonyl (C=O) groups is 4. The normalized spacial score (nSPS) is 18.4. The molecular formula is C38H65N5O5S. The van der Waals surface area contributed by atoms with Gasteiger partial charge in [-0.25, -0.2) is 0 Å². The van der Waals surface area contributed by atoms with Crippen LogP contribution in [0.3, 0.4) is 0 Å². The third-order valence-electron chi connectivity index (χ3n) is 10.1. The van der Waals surface area contributed by atoms with Crippen LogP contribution in [0, 0.1) is 17.8 Å². The molecule has 4 amide bonds. The van der Waals surface area contributed by atoms with E-state index >= 15 is 0 Å². The first-order chi connectivity index (χ1) is 23.3. The van der Waals surface area contributed by atoms with Gasteiger partial charge in [-0.05, 0) is 62.3 Å². The number of benzene rings is 1. The highest BCUT2D eigenvalue weighted by Crippen LogP contribution is 2.27. The van der Waals surface area contributed by atoms with Gasteiger partial charge < -0.3 is 30.5 Å². The fourth-order valence-electron chi connectivity index (χ4n) is 7.00. The Morgan fingerprint density at radius 1 is 1.02 bits per heavy atom. The van der Waals surface area contributed by atoms with Gasteiger partial charge in [0.25, 0.3) is 0 Å². The molecule has 278 valence electrons. The van der Waals surface area contributed by atoms with Crippen LogP contribution in [0.1, 0.15) is 92.1 Å². The van der Waals surface area contributed by atoms with Crippen molar-refractivity contribution in [1.29, 1.82) is 0 Å². The molecule has 7 atom stereocenters. The van der Waals surface area contributed by atoms with Crippen LogP contribution in [0.5, 0.6) is 0 Å². The van der Waals surface area contributed by atoms with E-state index in [9.17, 15) is 19.2 Å². The van der Waals surface area contributed by atoms with Gasteiger partial charge in [0, 0.05) is 39.6 Å². The minimum absolute atomic E-state index is 0.0146. The van der Waals surface area contributed by atoms with Crippen molar-refractivity contribution < 1.29 is 23.9 Å². The smallest absolute Gasteiger partial charge is 0.245 e. The third-order valence-corrected chi connectivity index (χ3v) is 10.9. The molecule has 0 spiro atoms. The van der Waals surface area contributed by atoms with Crippen LogP contribution in [0.25, 0.3) is 0 Å². The first-order valence-electron chi connectivity index (χ1n) is 18.2. The number of nitrogens with zero attached hydrogens (tertiary/aromatic N) is 2. The molecule has 1 aliphatic heterocycles. The Morgan fingerprint density at radius 3 is 2.22 bits per heavy atom. The Hall–Kier alpha value is -2.63. The first-order valence-corrected chi connectivity index (χ1v) is 19.5. The lowest BCUT2D eigenvalue weighted by molar-refractivity contribution is -0.146. The second kappa shape index (κ2) is 21.6. The lowest BCUT2D eigenvalue weighted by Gasteiger charge is -2.40. The third kappa shape index (κ3) is 12.9. The summed E-state index contributed by atoms with van der Waals surface area (Å²) in [5, 5.41) is 9.24. The van der Waals surface area contributed by atoms with E-state index < -0.39 is 18.2 Å². The molecular weight excluding hydrogens is 639 g/mol. The van der Waals surface area contributed by atoms with Crippen LogP contribution in [-0.4, -0.2) is 103 Å². The van der Waals surface area contributed by atoms with Crippen molar-refractivity contribution in [3.8, 4) is 0 Å². The van der Waals surface area contributed by atoms with E-state index in [4.69, 9.17) is 4.74 Å². The number of likely N-dealkylation sites (tertiary alicyclic amines) is 1. The molecule has 10 nitrogen and oxygen atoms in total. The van der Waals surface area contributed by atoms with Crippen molar-refractivity contribution >= 4 is 35.4 Å². The van der Waals surface area contributed by atoms with E-state index in [1.165, 1.54) is 5.56 Å². The van der Waals surface area contributed by atoms with Gasteiger partial charge in [0.05, 0.1) is 30.0 Å². The lowest BCUT2D eigenvalue weighted by Crippen LogP contribution is -2.59. The van der Waals surface area contributed by atoms with Gasteiger partial charge in [0.2, 0.25) is 23.6 Å². The first kappa shape index (κ1) is 42.5. The Balaban J connectivity index is 2.05. The maximum atomic E-state index is 14.0. The minimum atomic E-state index is -0.712. The summed E-state index contributed by atoms with van der Waals surface area (Å²) in [7, 11) is 5.12. The Labute approximate surface area is 300 Å². The molecule has 0 bridgehead atoms. The quantitative estimate of drug-likeness (QED) is 0.157. The van der Waals surface area contributed by atoms with E-state index in [-0.39, 0.29) is 65.3 Å². The fourth-order valence-corrected chi connectivity index (χ4v) is 7.61. The SMILES string of the molecule is CCC(C)C(C(CC(=O)N1CCCC1CCCC(=O)NC(Cc1ccccc1)SC)OC)N(C)C(=O)C(NC(=O)C(NC)C(C)C)C(C)C. The number of methoxy groups -OCH3 is 1. The molecule has 2 rings (SSSR count). The zero-order chi connectivity index (χ0) is 36.7. The van der Waals surface area contributed by atoms with E-state index in [1.54, 1.807) is 37.9 Å². The number of rotatable bonds is 21. The summed E-state index contributed by atoms with van der Waals surface area (Å²) in [4.78, 5) is 57.5. The summed E-state index contributed by atoms with van der Waals surface area (Å²) in [5.74, 6) is -0.358. The van der Waals surface area contributed by atoms with Gasteiger partial charge in [0.1, 0.15) is 6.04 Å². The standard InChI is InChI=1S/C38H65N5O5S/c1-11-27(6)36(42(8)38(47)35(26(4)5)41-37(46)34(39-7)25(2)3)30(48-9)24-33(45)43-22-16-20-29(43)19-15-21-31(44)40-32(49-10)23-28-17-13-12-14-18-28/h12-14,17-18,25-27,29-30,32,34-36,39H,11,15-16,19-24H2,1-10H3,(H,40,44)(H,41,46). The van der Waals surface area contributed by atoms with Crippen LogP contribution in [0.4, 0.5) is 0 Å². The number of carbonyl (C=O) groups excluding carboxylic acids is 4. The molecule has 1 aromatic carbocycles. The summed E-state index contributed by atoms with van der Waals surface area (Å²) in [6.07, 6.45) is 6.97. The van der Waals surface area contributed by atoms with Gasteiger partial charge in [-0.3, -0.25) is 19.2 Å². The molecule has 1 heterocycles. The zero-order valence-electron chi connectivity index (χ0n) is 31.8. The predicted molar refractivity (Wildman–Crippen MR) is 200 cm³/mol. The summed E-state index contributed by atoms with van der Waals surface area (Å²) in [5.41, 5.74) is 1.19. The molecule has 11 heteroatoms. The van der Waals surface area contributed by atoms with Crippen molar-refractivity contribution in [2.45, 2.75) is 129 Å². The molecule has 0 aromatic heterocycles. The highest BCUT2D eigenvalue weighted by Gasteiger charge is 2.39. The van der Waals surface area contributed by atoms with Gasteiger partial charge in [-0.15, -0.1) is 11.8 Å². The minimum Gasteiger partial charge on any atom is -0.379 e. The predicted octanol–water partition coefficient (Wildman–Crippen LogP) is 4.86. The zero-order valence-corrected chi connectivity index (χ0v) is 32.6. The van der Waals surface area contributed by atoms with Crippen LogP contribution < -0.4 is 16.0 Å². The average Bonchev–Trinajstić information content (AvgIpc) is 3.55. The molecule has 1 fully saturated rings. The average molecular weight is 704 g/mol. The molecule has 0 aliphatic carbocycles. The van der Waals surface area contributed by atoms with Crippen molar-refractivity contribution in [1.82, 2.24) is 25.8 Å². The largest absolute Gasteiger partial charge is 0.379 e. The van der Waals surface area contributed by atoms with E-state index in [0.29, 0.717) is 19.4 Å². The maximum absolute atomic E-state index is 14.0. The molecule has 0 saturated carbocycles. The topological polar surface area (TPSA) is 120 Å². The summed E-state index contributed by atoms with van der Waals surface area (Å²) in [6, 6.07) is 8.77. The molecule has 1 saturated heterocycles. The highest BCUT2D eigenvalue weighted by molar-refractivity contribution is 7.99. The Bertz CT molecular complexity index is 1170. The number of hydrogen-bond donors (Lipinski definition) is 3. The van der Waals surface area contributed by atoms with E-state index in [2.05, 4.69) is 41.9 Å². The van der Waals surface area contributed by atoms with Gasteiger partial charge in [0.15, 0.2) is 0 Å². The van der Waals surface area contributed by atoms with Crippen molar-refractivity contribution in [3.63, 3.8) is 0 Å². The van der Waals surface area contributed by atoms with Crippen LogP contribution in [-0.2, 0) is 30.3 Å². The second-order valence-electron chi connectivity index (χ2n) is 14.3. The van der Waals surface area contributed by atoms with Crippen LogP contribution in [0.2, 0.25) is 0 Å². The number of hydrogen-bond acceptors (Lipinski definition) is 7. The summed E-state index contributed by atoms with van der Waals surface area (Å²) in [6.45, 7) is 12.6. The van der Waals surface area contributed by atoms with Crippen molar-refractivity contribution in [2.75, 3.05) is 34.0 Å². The molecule has 3 N–H and O–H groups in total. The molecule has 49 heavy (non-hydrogen) atoms. The monoisotopic (exact) mass is 703 g/mol. The second-order valence-corrected chi connectivity index (χ2v) is 15.3. The van der Waals surface area contributed by atoms with Gasteiger partial charge >= 0.3 is 0 Å². The van der Waals surface area contributed by atoms with Crippen LogP contribution >= 0.6 is 11.8 Å². The number of thioether (sulfide) groups is 1. The molecule has 7 unspecified atom stereocenters. The van der Waals surface area contributed by atoms with E-state index in [0.717, 1.165) is 32.1 Å². The van der Waals surface area contributed by atoms with Crippen molar-refractivity contribution in [3.05, 3.63) is 35.9 Å². The maximum Gasteiger partial charge on any atom is 0.245 e. The number of ether oxygens (including phenoxy) is 1. The van der Waals surface area contributed by atoms with Gasteiger partial charge in [-0.1, -0.05) is 78.3 Å². The summed E-state index contributed by atoms with van der Waals surface area (Å²) < 4.78 is 5.99. The Morgan fingerprint density at radius 2 is 1.67 bits per heavy atom. The number of nitrogens with one attached hydrogen (secondary N) is 3. The van der Waals surface area contributed by atoms with Crippen LogP contribution in [0.15, 0.2) is 30.3 Å². The molecule has 1 aromatic rings. The summed E-state index contributed by atoms with van der Waals surface area (Å²) >= 11 is 1.64. The number of likely N-dealkylation sites (N-methyl/N-ethyl adjacent to an activating group) is 2. The number of amides is 4. The highest BCUT2D eigenvalue weighted by atomic mass is 32.2. The van der Waals surface area contributed by atoms with Crippen molar-refractivity contribution in [2.24, 2.45) is 17.8 Å². The van der Waals surface area contributed by atoms with E-state index in [1.807, 2.05) is 57.0 Å². The molecule has 1 aliphatic rings. The van der Waals surface area contributed by atoms with Gasteiger partial charge in [-0.2, -0.15) is 0 Å². The fraction of sp³-hybridized carbons (Fsp3) is 0.737. The molecule has 0 radical (unpaired) electrons. The Kier molecular flexibility index (Phi) is 18.7.